The highest BCUT2D eigenvalue weighted by Gasteiger charge is 2.18. The topological polar surface area (TPSA) is 28.2 Å². The fraction of sp³-hybridized carbons (Fsp3) is 0.643. The van der Waals surface area contributed by atoms with Gasteiger partial charge in [0, 0.05) is 31.9 Å². The van der Waals surface area contributed by atoms with E-state index in [9.17, 15) is 4.39 Å². The summed E-state index contributed by atoms with van der Waals surface area (Å²) in [5.41, 5.74) is 0.901. The van der Waals surface area contributed by atoms with Gasteiger partial charge < -0.3 is 10.2 Å². The molecule has 0 spiro atoms. The van der Waals surface area contributed by atoms with Crippen LogP contribution in [0.2, 0.25) is 0 Å². The molecule has 1 saturated carbocycles. The van der Waals surface area contributed by atoms with Gasteiger partial charge in [0.2, 0.25) is 0 Å². The lowest BCUT2D eigenvalue weighted by molar-refractivity contribution is 0.245. The van der Waals surface area contributed by atoms with Crippen LogP contribution in [0.15, 0.2) is 18.5 Å². The summed E-state index contributed by atoms with van der Waals surface area (Å²) in [6.45, 7) is 2.67. The van der Waals surface area contributed by atoms with E-state index in [1.165, 1.54) is 37.9 Å². The molecule has 0 aliphatic heterocycles. The Bertz CT molecular complexity index is 364. The van der Waals surface area contributed by atoms with Gasteiger partial charge in [-0.2, -0.15) is 0 Å². The molecule has 100 valence electrons. The van der Waals surface area contributed by atoms with Gasteiger partial charge in [-0.05, 0) is 31.5 Å². The average molecular weight is 251 g/mol. The summed E-state index contributed by atoms with van der Waals surface area (Å²) < 4.78 is 12.9. The molecule has 0 bridgehead atoms. The smallest absolute Gasteiger partial charge is 0.141 e. The van der Waals surface area contributed by atoms with Crippen molar-refractivity contribution in [2.75, 3.05) is 20.1 Å². The van der Waals surface area contributed by atoms with Crippen molar-refractivity contribution < 1.29 is 4.39 Å². The Hall–Kier alpha value is -1.00. The molecule has 4 heteroatoms. The lowest BCUT2D eigenvalue weighted by Crippen LogP contribution is -2.35. The minimum atomic E-state index is -0.266. The van der Waals surface area contributed by atoms with Crippen LogP contribution in [0.5, 0.6) is 0 Å². The molecule has 0 atom stereocenters. The third-order valence-corrected chi connectivity index (χ3v) is 3.68. The van der Waals surface area contributed by atoms with E-state index < -0.39 is 0 Å². The largest absolute Gasteiger partial charge is 0.311 e. The number of hydrogen-bond acceptors (Lipinski definition) is 3. The van der Waals surface area contributed by atoms with Crippen LogP contribution in [0, 0.1) is 5.82 Å². The van der Waals surface area contributed by atoms with Gasteiger partial charge in [0.05, 0.1) is 6.20 Å². The van der Waals surface area contributed by atoms with E-state index in [1.54, 1.807) is 6.20 Å². The van der Waals surface area contributed by atoms with Gasteiger partial charge in [-0.25, -0.2) is 4.39 Å². The second-order valence-corrected chi connectivity index (χ2v) is 5.11. The summed E-state index contributed by atoms with van der Waals surface area (Å²) >= 11 is 0. The zero-order valence-electron chi connectivity index (χ0n) is 11.0. The molecule has 1 fully saturated rings. The second kappa shape index (κ2) is 6.81. The maximum atomic E-state index is 12.9. The van der Waals surface area contributed by atoms with E-state index in [0.29, 0.717) is 6.54 Å². The molecule has 1 aromatic rings. The van der Waals surface area contributed by atoms with Gasteiger partial charge in [0.1, 0.15) is 5.82 Å². The molecule has 1 N–H and O–H groups in total. The van der Waals surface area contributed by atoms with Crippen LogP contribution >= 0.6 is 0 Å². The van der Waals surface area contributed by atoms with Gasteiger partial charge >= 0.3 is 0 Å². The van der Waals surface area contributed by atoms with Crippen LogP contribution in [0.1, 0.15) is 31.2 Å². The lowest BCUT2D eigenvalue weighted by Gasteiger charge is -2.23. The van der Waals surface area contributed by atoms with Crippen LogP contribution in [0.25, 0.3) is 0 Å². The van der Waals surface area contributed by atoms with Crippen molar-refractivity contribution in [1.82, 2.24) is 15.2 Å². The van der Waals surface area contributed by atoms with Gasteiger partial charge in [0.25, 0.3) is 0 Å². The van der Waals surface area contributed by atoms with Crippen molar-refractivity contribution in [1.29, 1.82) is 0 Å². The molecule has 0 amide bonds. The van der Waals surface area contributed by atoms with Crippen LogP contribution in [-0.4, -0.2) is 36.1 Å². The third-order valence-electron chi connectivity index (χ3n) is 3.68. The SMILES string of the molecule is CN(CCNCc1cncc(F)c1)C1CCCC1. The van der Waals surface area contributed by atoms with E-state index in [-0.39, 0.29) is 5.82 Å². The van der Waals surface area contributed by atoms with Crippen molar-refractivity contribution in [3.8, 4) is 0 Å². The first kappa shape index (κ1) is 13.4. The summed E-state index contributed by atoms with van der Waals surface area (Å²) in [4.78, 5) is 6.27. The van der Waals surface area contributed by atoms with Crippen LogP contribution in [-0.2, 0) is 6.54 Å². The van der Waals surface area contributed by atoms with Gasteiger partial charge in [-0.1, -0.05) is 12.8 Å². The average Bonchev–Trinajstić information content (AvgIpc) is 2.88. The first-order valence-electron chi connectivity index (χ1n) is 6.76. The molecule has 18 heavy (non-hydrogen) atoms. The Morgan fingerprint density at radius 3 is 2.89 bits per heavy atom. The first-order valence-corrected chi connectivity index (χ1v) is 6.76. The molecule has 1 heterocycles. The Morgan fingerprint density at radius 2 is 2.17 bits per heavy atom. The van der Waals surface area contributed by atoms with Gasteiger partial charge in [-0.3, -0.25) is 4.98 Å². The minimum Gasteiger partial charge on any atom is -0.311 e. The highest BCUT2D eigenvalue weighted by atomic mass is 19.1. The van der Waals surface area contributed by atoms with Crippen LogP contribution in [0.3, 0.4) is 0 Å². The first-order chi connectivity index (χ1) is 8.75. The number of nitrogens with one attached hydrogen (secondary N) is 1. The van der Waals surface area contributed by atoms with E-state index in [4.69, 9.17) is 0 Å². The zero-order chi connectivity index (χ0) is 12.8. The Morgan fingerprint density at radius 1 is 1.39 bits per heavy atom. The van der Waals surface area contributed by atoms with E-state index in [2.05, 4.69) is 22.2 Å². The molecule has 1 aromatic heterocycles. The molecule has 0 unspecified atom stereocenters. The monoisotopic (exact) mass is 251 g/mol. The molecular formula is C14H22FN3. The maximum absolute atomic E-state index is 12.9. The van der Waals surface area contributed by atoms with E-state index in [1.807, 2.05) is 0 Å². The number of halogens is 1. The fourth-order valence-electron chi connectivity index (χ4n) is 2.57. The Balaban J connectivity index is 1.63. The standard InChI is InChI=1S/C14H22FN3/c1-18(14-4-2-3-5-14)7-6-16-9-12-8-13(15)11-17-10-12/h8,10-11,14,16H,2-7,9H2,1H3. The molecule has 3 nitrogen and oxygen atoms in total. The zero-order valence-corrected chi connectivity index (χ0v) is 11.0. The number of nitrogens with zero attached hydrogens (tertiary/aromatic N) is 2. The molecule has 0 saturated heterocycles. The van der Waals surface area contributed by atoms with Crippen molar-refractivity contribution >= 4 is 0 Å². The van der Waals surface area contributed by atoms with Crippen molar-refractivity contribution in [2.45, 2.75) is 38.3 Å². The van der Waals surface area contributed by atoms with Gasteiger partial charge in [0.15, 0.2) is 0 Å². The molecule has 0 radical (unpaired) electrons. The molecule has 2 rings (SSSR count). The molecule has 1 aliphatic carbocycles. The number of aromatic nitrogens is 1. The lowest BCUT2D eigenvalue weighted by atomic mass is 10.2. The number of rotatable bonds is 6. The summed E-state index contributed by atoms with van der Waals surface area (Å²) in [5, 5.41) is 3.33. The molecule has 0 aromatic carbocycles. The van der Waals surface area contributed by atoms with Crippen molar-refractivity contribution in [3.63, 3.8) is 0 Å². The predicted molar refractivity (Wildman–Crippen MR) is 70.8 cm³/mol. The van der Waals surface area contributed by atoms with Crippen molar-refractivity contribution in [3.05, 3.63) is 29.8 Å². The Kier molecular flexibility index (Phi) is 5.08. The summed E-state index contributed by atoms with van der Waals surface area (Å²) in [5.74, 6) is -0.266. The molecular weight excluding hydrogens is 229 g/mol. The predicted octanol–water partition coefficient (Wildman–Crippen LogP) is 2.18. The van der Waals surface area contributed by atoms with Gasteiger partial charge in [-0.15, -0.1) is 0 Å². The summed E-state index contributed by atoms with van der Waals surface area (Å²) in [7, 11) is 2.20. The summed E-state index contributed by atoms with van der Waals surface area (Å²) in [6.07, 6.45) is 8.36. The van der Waals surface area contributed by atoms with Crippen molar-refractivity contribution in [2.24, 2.45) is 0 Å². The van der Waals surface area contributed by atoms with E-state index in [0.717, 1.165) is 24.7 Å². The second-order valence-electron chi connectivity index (χ2n) is 5.11. The van der Waals surface area contributed by atoms with Crippen LogP contribution < -0.4 is 5.32 Å². The summed E-state index contributed by atoms with van der Waals surface area (Å²) in [6, 6.07) is 2.29. The number of likely N-dealkylation sites (N-methyl/N-ethyl adjacent to an activating group) is 1. The highest BCUT2D eigenvalue weighted by molar-refractivity contribution is 5.09. The molecule has 1 aliphatic rings. The van der Waals surface area contributed by atoms with E-state index >= 15 is 0 Å². The highest BCUT2D eigenvalue weighted by Crippen LogP contribution is 2.21. The quantitative estimate of drug-likeness (QED) is 0.786. The number of hydrogen-bond donors (Lipinski definition) is 1. The number of pyridine rings is 1. The fourth-order valence-corrected chi connectivity index (χ4v) is 2.57. The maximum Gasteiger partial charge on any atom is 0.141 e. The third kappa shape index (κ3) is 4.03. The normalized spacial score (nSPS) is 16.6. The Labute approximate surface area is 108 Å². The van der Waals surface area contributed by atoms with Crippen LogP contribution in [0.4, 0.5) is 4.39 Å². The minimum absolute atomic E-state index is 0.266.